The van der Waals surface area contributed by atoms with E-state index < -0.39 is 10.0 Å². The lowest BCUT2D eigenvalue weighted by molar-refractivity contribution is 0.159. The minimum absolute atomic E-state index is 0.00223. The Labute approximate surface area is 182 Å². The molecule has 1 unspecified atom stereocenters. The van der Waals surface area contributed by atoms with E-state index >= 15 is 0 Å². The molecule has 1 aliphatic rings. The first-order valence-corrected chi connectivity index (χ1v) is 12.7. The lowest BCUT2D eigenvalue weighted by Gasteiger charge is -2.33. The van der Waals surface area contributed by atoms with Gasteiger partial charge in [0.2, 0.25) is 10.0 Å². The Morgan fingerprint density at radius 3 is 2.50 bits per heavy atom. The summed E-state index contributed by atoms with van der Waals surface area (Å²) in [5.41, 5.74) is 1.86. The molecule has 0 aliphatic carbocycles. The maximum atomic E-state index is 12.0. The van der Waals surface area contributed by atoms with E-state index in [4.69, 9.17) is 0 Å². The molecule has 1 aliphatic heterocycles. The van der Waals surface area contributed by atoms with Gasteiger partial charge in [0.15, 0.2) is 5.96 Å². The summed E-state index contributed by atoms with van der Waals surface area (Å²) in [5.74, 6) is 0.784. The zero-order valence-corrected chi connectivity index (χ0v) is 19.8. The number of rotatable bonds is 10. The van der Waals surface area contributed by atoms with Crippen LogP contribution >= 0.6 is 0 Å². The highest BCUT2D eigenvalue weighted by atomic mass is 32.2. The molecular formula is C22H39N5O2S. The number of benzene rings is 1. The second-order valence-corrected chi connectivity index (χ2v) is 10.2. The minimum atomic E-state index is -3.30. The molecule has 1 fully saturated rings. The van der Waals surface area contributed by atoms with Crippen LogP contribution in [0.5, 0.6) is 0 Å². The van der Waals surface area contributed by atoms with Crippen molar-refractivity contribution in [1.82, 2.24) is 20.3 Å². The maximum absolute atomic E-state index is 12.0. The highest BCUT2D eigenvalue weighted by Crippen LogP contribution is 2.16. The van der Waals surface area contributed by atoms with Gasteiger partial charge in [-0.25, -0.2) is 13.1 Å². The SMILES string of the molecule is CN=C(NCCCN1CCCCC1C)NCc1ccc(CS(=O)(=O)NC(C)C)cc1. The lowest BCUT2D eigenvalue weighted by atomic mass is 10.0. The Kier molecular flexibility index (Phi) is 10.1. The van der Waals surface area contributed by atoms with Crippen molar-refractivity contribution in [3.8, 4) is 0 Å². The summed E-state index contributed by atoms with van der Waals surface area (Å²) < 4.78 is 26.7. The molecule has 0 saturated carbocycles. The summed E-state index contributed by atoms with van der Waals surface area (Å²) in [6, 6.07) is 8.26. The number of nitrogens with zero attached hydrogens (tertiary/aromatic N) is 2. The first-order chi connectivity index (χ1) is 14.3. The second-order valence-electron chi connectivity index (χ2n) is 8.44. The van der Waals surface area contributed by atoms with Crippen LogP contribution in [-0.4, -0.2) is 58.0 Å². The molecule has 0 bridgehead atoms. The zero-order valence-electron chi connectivity index (χ0n) is 18.9. The molecule has 8 heteroatoms. The Hall–Kier alpha value is -1.64. The third-order valence-corrected chi connectivity index (χ3v) is 6.88. The first-order valence-electron chi connectivity index (χ1n) is 11.1. The largest absolute Gasteiger partial charge is 0.356 e. The van der Waals surface area contributed by atoms with Crippen LogP contribution in [0.25, 0.3) is 0 Å². The normalized spacial score (nSPS) is 18.6. The fourth-order valence-electron chi connectivity index (χ4n) is 3.76. The van der Waals surface area contributed by atoms with Crippen LogP contribution in [0.15, 0.2) is 29.3 Å². The number of likely N-dealkylation sites (tertiary alicyclic amines) is 1. The van der Waals surface area contributed by atoms with Gasteiger partial charge in [0.05, 0.1) is 5.75 Å². The summed E-state index contributed by atoms with van der Waals surface area (Å²) >= 11 is 0. The van der Waals surface area contributed by atoms with Crippen molar-refractivity contribution in [2.24, 2.45) is 4.99 Å². The number of aliphatic imine (C=N–C) groups is 1. The molecule has 1 atom stereocenters. The van der Waals surface area contributed by atoms with Crippen molar-refractivity contribution in [3.05, 3.63) is 35.4 Å². The van der Waals surface area contributed by atoms with Crippen LogP contribution in [0, 0.1) is 0 Å². The van der Waals surface area contributed by atoms with Crippen LogP contribution in [0.1, 0.15) is 57.6 Å². The molecule has 0 aromatic heterocycles. The van der Waals surface area contributed by atoms with Gasteiger partial charge in [0.25, 0.3) is 0 Å². The van der Waals surface area contributed by atoms with E-state index in [1.165, 1.54) is 25.8 Å². The van der Waals surface area contributed by atoms with Crippen LogP contribution in [0.4, 0.5) is 0 Å². The molecule has 1 heterocycles. The van der Waals surface area contributed by atoms with Crippen LogP contribution in [0.3, 0.4) is 0 Å². The molecule has 30 heavy (non-hydrogen) atoms. The van der Waals surface area contributed by atoms with Gasteiger partial charge in [-0.1, -0.05) is 30.7 Å². The first kappa shape index (κ1) is 24.6. The van der Waals surface area contributed by atoms with Crippen molar-refractivity contribution < 1.29 is 8.42 Å². The number of nitrogens with one attached hydrogen (secondary N) is 3. The van der Waals surface area contributed by atoms with Crippen molar-refractivity contribution in [2.75, 3.05) is 26.7 Å². The molecule has 0 radical (unpaired) electrons. The Morgan fingerprint density at radius 1 is 1.17 bits per heavy atom. The molecule has 170 valence electrons. The number of sulfonamides is 1. The summed E-state index contributed by atoms with van der Waals surface area (Å²) in [6.07, 6.45) is 5.09. The fraction of sp³-hybridized carbons (Fsp3) is 0.682. The number of piperidine rings is 1. The van der Waals surface area contributed by atoms with Gasteiger partial charge in [-0.3, -0.25) is 4.99 Å². The molecule has 0 amide bonds. The summed E-state index contributed by atoms with van der Waals surface area (Å²) in [5, 5.41) is 6.70. The third kappa shape index (κ3) is 9.02. The average Bonchev–Trinajstić information content (AvgIpc) is 2.68. The van der Waals surface area contributed by atoms with E-state index in [0.717, 1.165) is 36.6 Å². The Bertz CT molecular complexity index is 762. The van der Waals surface area contributed by atoms with Gasteiger partial charge < -0.3 is 15.5 Å². The average molecular weight is 438 g/mol. The monoisotopic (exact) mass is 437 g/mol. The quantitative estimate of drug-likeness (QED) is 0.297. The van der Waals surface area contributed by atoms with Gasteiger partial charge in [0.1, 0.15) is 0 Å². The molecule has 2 rings (SSSR count). The van der Waals surface area contributed by atoms with E-state index in [0.29, 0.717) is 12.6 Å². The number of hydrogen-bond acceptors (Lipinski definition) is 4. The van der Waals surface area contributed by atoms with Crippen LogP contribution in [-0.2, 0) is 22.3 Å². The molecule has 1 aromatic rings. The zero-order chi connectivity index (χ0) is 22.0. The molecule has 0 spiro atoms. The predicted molar refractivity (Wildman–Crippen MR) is 125 cm³/mol. The number of hydrogen-bond donors (Lipinski definition) is 3. The van der Waals surface area contributed by atoms with E-state index in [1.54, 1.807) is 7.05 Å². The van der Waals surface area contributed by atoms with E-state index in [2.05, 4.69) is 32.2 Å². The van der Waals surface area contributed by atoms with Crippen molar-refractivity contribution in [1.29, 1.82) is 0 Å². The van der Waals surface area contributed by atoms with Crippen molar-refractivity contribution in [3.63, 3.8) is 0 Å². The molecule has 7 nitrogen and oxygen atoms in total. The molecule has 1 aromatic carbocycles. The third-order valence-electron chi connectivity index (χ3n) is 5.33. The van der Waals surface area contributed by atoms with Gasteiger partial charge in [-0.2, -0.15) is 0 Å². The highest BCUT2D eigenvalue weighted by molar-refractivity contribution is 7.88. The van der Waals surface area contributed by atoms with Gasteiger partial charge in [-0.05, 0) is 57.7 Å². The molecule has 3 N–H and O–H groups in total. The van der Waals surface area contributed by atoms with E-state index in [9.17, 15) is 8.42 Å². The van der Waals surface area contributed by atoms with Crippen molar-refractivity contribution in [2.45, 2.75) is 70.8 Å². The predicted octanol–water partition coefficient (Wildman–Crippen LogP) is 2.44. The molecular weight excluding hydrogens is 398 g/mol. The summed E-state index contributed by atoms with van der Waals surface area (Å²) in [6.45, 7) is 9.85. The van der Waals surface area contributed by atoms with E-state index in [-0.39, 0.29) is 11.8 Å². The van der Waals surface area contributed by atoms with Crippen LogP contribution < -0.4 is 15.4 Å². The minimum Gasteiger partial charge on any atom is -0.356 e. The standard InChI is InChI=1S/C22H39N5O2S/c1-18(2)26-30(28,29)17-21-11-9-20(10-12-21)16-25-22(23-4)24-13-7-15-27-14-6-5-8-19(27)3/h9-12,18-19,26H,5-8,13-17H2,1-4H3,(H2,23,24,25). The maximum Gasteiger partial charge on any atom is 0.216 e. The van der Waals surface area contributed by atoms with Gasteiger partial charge in [-0.15, -0.1) is 0 Å². The second kappa shape index (κ2) is 12.3. The fourth-order valence-corrected chi connectivity index (χ4v) is 5.19. The smallest absolute Gasteiger partial charge is 0.216 e. The van der Waals surface area contributed by atoms with Gasteiger partial charge in [0, 0.05) is 38.8 Å². The van der Waals surface area contributed by atoms with Crippen LogP contribution in [0.2, 0.25) is 0 Å². The lowest BCUT2D eigenvalue weighted by Crippen LogP contribution is -2.41. The summed E-state index contributed by atoms with van der Waals surface area (Å²) in [7, 11) is -1.52. The highest BCUT2D eigenvalue weighted by Gasteiger charge is 2.17. The molecule has 1 saturated heterocycles. The Morgan fingerprint density at radius 2 is 1.87 bits per heavy atom. The van der Waals surface area contributed by atoms with E-state index in [1.807, 2.05) is 38.1 Å². The van der Waals surface area contributed by atoms with Gasteiger partial charge >= 0.3 is 0 Å². The number of guanidine groups is 1. The summed E-state index contributed by atoms with van der Waals surface area (Å²) in [4.78, 5) is 6.87. The Balaban J connectivity index is 1.71. The van der Waals surface area contributed by atoms with Crippen molar-refractivity contribution >= 4 is 16.0 Å². The topological polar surface area (TPSA) is 85.8 Å².